The summed E-state index contributed by atoms with van der Waals surface area (Å²) in [4.78, 5) is 34.4. The number of rotatable bonds is 5. The Morgan fingerprint density at radius 2 is 1.66 bits per heavy atom. The summed E-state index contributed by atoms with van der Waals surface area (Å²) in [5.74, 6) is 1.79. The third-order valence-electron chi connectivity index (χ3n) is 5.70. The number of halogens is 1. The average molecular weight is 571 g/mol. The molecule has 2 aromatic heterocycles. The molecular weight excluding hydrogens is 539 g/mol. The van der Waals surface area contributed by atoms with Gasteiger partial charge in [0.05, 0.1) is 5.00 Å². The lowest BCUT2D eigenvalue weighted by Gasteiger charge is -2.37. The second-order valence-corrected chi connectivity index (χ2v) is 8.49. The summed E-state index contributed by atoms with van der Waals surface area (Å²) in [6.07, 6.45) is 3.97. The number of carbonyl (C=O) groups excluding carboxylic acids is 1. The van der Waals surface area contributed by atoms with Crippen molar-refractivity contribution in [1.82, 2.24) is 25.1 Å². The van der Waals surface area contributed by atoms with E-state index in [-0.39, 0.29) is 29.9 Å². The third kappa shape index (κ3) is 6.21. The SMILES string of the molecule is CN=C(NCCC(=O)N1CCN(c2ncccn2)CC1)N1CCN(c2cccs2)CC1.I. The summed E-state index contributed by atoms with van der Waals surface area (Å²) in [6.45, 7) is 7.35. The van der Waals surface area contributed by atoms with Crippen LogP contribution in [0.3, 0.4) is 0 Å². The molecule has 0 bridgehead atoms. The molecule has 0 radical (unpaired) electrons. The van der Waals surface area contributed by atoms with Crippen molar-refractivity contribution >= 4 is 58.1 Å². The van der Waals surface area contributed by atoms with Crippen molar-refractivity contribution in [3.63, 3.8) is 0 Å². The van der Waals surface area contributed by atoms with Crippen LogP contribution in [0, 0.1) is 0 Å². The van der Waals surface area contributed by atoms with E-state index in [2.05, 4.69) is 52.5 Å². The topological polar surface area (TPSA) is 80.2 Å². The van der Waals surface area contributed by atoms with Crippen molar-refractivity contribution in [3.05, 3.63) is 36.0 Å². The molecule has 0 saturated carbocycles. The Labute approximate surface area is 210 Å². The summed E-state index contributed by atoms with van der Waals surface area (Å²) >= 11 is 1.78. The Morgan fingerprint density at radius 1 is 1.00 bits per heavy atom. The van der Waals surface area contributed by atoms with Gasteiger partial charge in [0.15, 0.2) is 5.96 Å². The van der Waals surface area contributed by atoms with Gasteiger partial charge < -0.3 is 24.9 Å². The molecule has 1 N–H and O–H groups in total. The molecule has 174 valence electrons. The van der Waals surface area contributed by atoms with Crippen LogP contribution < -0.4 is 15.1 Å². The van der Waals surface area contributed by atoms with Crippen molar-refractivity contribution in [1.29, 1.82) is 0 Å². The van der Waals surface area contributed by atoms with Crippen LogP contribution in [0.5, 0.6) is 0 Å². The van der Waals surface area contributed by atoms with Crippen LogP contribution in [0.4, 0.5) is 10.9 Å². The Kier molecular flexibility index (Phi) is 9.33. The minimum Gasteiger partial charge on any atom is -0.360 e. The lowest BCUT2D eigenvalue weighted by atomic mass is 10.3. The van der Waals surface area contributed by atoms with E-state index in [9.17, 15) is 4.79 Å². The van der Waals surface area contributed by atoms with Crippen molar-refractivity contribution < 1.29 is 4.79 Å². The van der Waals surface area contributed by atoms with Gasteiger partial charge in [-0.25, -0.2) is 9.97 Å². The van der Waals surface area contributed by atoms with Gasteiger partial charge in [-0.2, -0.15) is 0 Å². The summed E-state index contributed by atoms with van der Waals surface area (Å²) in [5.41, 5.74) is 0. The van der Waals surface area contributed by atoms with Crippen LogP contribution in [-0.4, -0.2) is 97.6 Å². The third-order valence-corrected chi connectivity index (χ3v) is 6.63. The monoisotopic (exact) mass is 570 g/mol. The molecule has 2 saturated heterocycles. The largest absolute Gasteiger partial charge is 0.360 e. The molecule has 0 aromatic carbocycles. The molecule has 4 rings (SSSR count). The highest BCUT2D eigenvalue weighted by Crippen LogP contribution is 2.22. The smallest absolute Gasteiger partial charge is 0.225 e. The number of hydrogen-bond acceptors (Lipinski definition) is 7. The zero-order valence-corrected chi connectivity index (χ0v) is 21.5. The number of nitrogens with zero attached hydrogens (tertiary/aromatic N) is 7. The predicted octanol–water partition coefficient (Wildman–Crippen LogP) is 1.59. The second-order valence-electron chi connectivity index (χ2n) is 7.57. The number of amides is 1. The molecule has 2 aliphatic heterocycles. The number of piperazine rings is 2. The Morgan fingerprint density at radius 3 is 2.28 bits per heavy atom. The maximum Gasteiger partial charge on any atom is 0.225 e. The Hall–Kier alpha value is -2.15. The van der Waals surface area contributed by atoms with Crippen LogP contribution in [0.1, 0.15) is 6.42 Å². The maximum absolute atomic E-state index is 12.6. The van der Waals surface area contributed by atoms with E-state index in [4.69, 9.17) is 0 Å². The highest BCUT2D eigenvalue weighted by Gasteiger charge is 2.23. The predicted molar refractivity (Wildman–Crippen MR) is 140 cm³/mol. The normalized spacial score (nSPS) is 17.2. The fraction of sp³-hybridized carbons (Fsp3) is 0.524. The molecule has 0 aliphatic carbocycles. The second kappa shape index (κ2) is 12.2. The first-order valence-electron chi connectivity index (χ1n) is 10.8. The first kappa shape index (κ1) is 24.5. The van der Waals surface area contributed by atoms with Gasteiger partial charge in [-0.3, -0.25) is 9.79 Å². The van der Waals surface area contributed by atoms with Crippen LogP contribution >= 0.6 is 35.3 Å². The van der Waals surface area contributed by atoms with Gasteiger partial charge in [-0.1, -0.05) is 0 Å². The molecular formula is C21H31IN8OS. The number of nitrogens with one attached hydrogen (secondary N) is 1. The molecule has 0 spiro atoms. The van der Waals surface area contributed by atoms with Gasteiger partial charge in [0, 0.05) is 84.8 Å². The number of anilines is 2. The number of aromatic nitrogens is 2. The summed E-state index contributed by atoms with van der Waals surface area (Å²) in [6, 6.07) is 6.08. The molecule has 2 aliphatic rings. The highest BCUT2D eigenvalue weighted by molar-refractivity contribution is 14.0. The van der Waals surface area contributed by atoms with Gasteiger partial charge >= 0.3 is 0 Å². The van der Waals surface area contributed by atoms with Gasteiger partial charge in [0.25, 0.3) is 0 Å². The Bertz CT molecular complexity index is 850. The fourth-order valence-corrected chi connectivity index (χ4v) is 4.76. The summed E-state index contributed by atoms with van der Waals surface area (Å²) in [5, 5.41) is 6.82. The molecule has 2 fully saturated rings. The molecule has 32 heavy (non-hydrogen) atoms. The molecule has 11 heteroatoms. The van der Waals surface area contributed by atoms with E-state index in [1.807, 2.05) is 11.0 Å². The first-order chi connectivity index (χ1) is 15.2. The minimum absolute atomic E-state index is 0. The van der Waals surface area contributed by atoms with Crippen LogP contribution in [0.2, 0.25) is 0 Å². The summed E-state index contributed by atoms with van der Waals surface area (Å²) < 4.78 is 0. The number of thiophene rings is 1. The highest BCUT2D eigenvalue weighted by atomic mass is 127. The summed E-state index contributed by atoms with van der Waals surface area (Å²) in [7, 11) is 1.81. The van der Waals surface area contributed by atoms with Crippen molar-refractivity contribution in [2.24, 2.45) is 4.99 Å². The van der Waals surface area contributed by atoms with Crippen LogP contribution in [-0.2, 0) is 4.79 Å². The quantitative estimate of drug-likeness (QED) is 0.333. The number of aliphatic imine (C=N–C) groups is 1. The van der Waals surface area contributed by atoms with E-state index >= 15 is 0 Å². The first-order valence-corrected chi connectivity index (χ1v) is 11.7. The zero-order valence-electron chi connectivity index (χ0n) is 18.4. The lowest BCUT2D eigenvalue weighted by Crippen LogP contribution is -2.53. The number of hydrogen-bond donors (Lipinski definition) is 1. The van der Waals surface area contributed by atoms with Crippen molar-refractivity contribution in [2.45, 2.75) is 6.42 Å². The molecule has 9 nitrogen and oxygen atoms in total. The number of guanidine groups is 1. The fourth-order valence-electron chi connectivity index (χ4n) is 3.97. The number of carbonyl (C=O) groups is 1. The van der Waals surface area contributed by atoms with Gasteiger partial charge in [0.1, 0.15) is 0 Å². The van der Waals surface area contributed by atoms with E-state index in [0.29, 0.717) is 26.1 Å². The van der Waals surface area contributed by atoms with Gasteiger partial charge in [-0.05, 0) is 23.6 Å². The van der Waals surface area contributed by atoms with Crippen molar-refractivity contribution in [2.75, 3.05) is 75.8 Å². The molecule has 2 aromatic rings. The minimum atomic E-state index is 0. The standard InChI is InChI=1S/C21H30N8OS.HI/c1-22-20(28-15-11-27(12-16-28)19-4-2-17-31-19)25-8-5-18(30)26-9-13-29(14-10-26)21-23-6-3-7-24-21;/h2-4,6-7,17H,5,8-16H2,1H3,(H,22,25);1H. The van der Waals surface area contributed by atoms with E-state index in [0.717, 1.165) is 51.2 Å². The van der Waals surface area contributed by atoms with Crippen LogP contribution in [0.15, 0.2) is 41.0 Å². The molecule has 4 heterocycles. The molecule has 1 amide bonds. The maximum atomic E-state index is 12.6. The lowest BCUT2D eigenvalue weighted by molar-refractivity contribution is -0.131. The van der Waals surface area contributed by atoms with E-state index in [1.54, 1.807) is 30.8 Å². The van der Waals surface area contributed by atoms with Crippen molar-refractivity contribution in [3.8, 4) is 0 Å². The van der Waals surface area contributed by atoms with E-state index in [1.165, 1.54) is 5.00 Å². The van der Waals surface area contributed by atoms with Gasteiger partial charge in [-0.15, -0.1) is 35.3 Å². The molecule has 0 atom stereocenters. The Balaban J connectivity index is 0.00000289. The zero-order chi connectivity index (χ0) is 21.5. The van der Waals surface area contributed by atoms with Crippen LogP contribution in [0.25, 0.3) is 0 Å². The average Bonchev–Trinajstić information content (AvgIpc) is 3.38. The molecule has 0 unspecified atom stereocenters. The van der Waals surface area contributed by atoms with E-state index < -0.39 is 0 Å². The van der Waals surface area contributed by atoms with Gasteiger partial charge in [0.2, 0.25) is 11.9 Å².